The summed E-state index contributed by atoms with van der Waals surface area (Å²) in [6.07, 6.45) is 5.65. The first-order valence-electron chi connectivity index (χ1n) is 6.65. The van der Waals surface area contributed by atoms with E-state index in [4.69, 9.17) is 0 Å². The molecular weight excluding hydrogens is 270 g/mol. The lowest BCUT2D eigenvalue weighted by Crippen LogP contribution is -2.10. The molecule has 106 valence electrons. The summed E-state index contributed by atoms with van der Waals surface area (Å²) in [5, 5.41) is 10.6. The van der Waals surface area contributed by atoms with E-state index in [0.717, 1.165) is 24.2 Å². The molecule has 1 aliphatic rings. The van der Waals surface area contributed by atoms with Crippen LogP contribution in [0.4, 0.5) is 5.69 Å². The van der Waals surface area contributed by atoms with Crippen LogP contribution in [0.3, 0.4) is 0 Å². The second kappa shape index (κ2) is 5.32. The van der Waals surface area contributed by atoms with Crippen LogP contribution in [-0.4, -0.2) is 14.9 Å². The molecule has 21 heavy (non-hydrogen) atoms. The van der Waals surface area contributed by atoms with E-state index in [1.165, 1.54) is 18.2 Å². The van der Waals surface area contributed by atoms with Crippen LogP contribution in [0.1, 0.15) is 35.8 Å². The van der Waals surface area contributed by atoms with Crippen LogP contribution in [0.2, 0.25) is 0 Å². The first-order chi connectivity index (χ1) is 10.1. The molecule has 0 spiro atoms. The summed E-state index contributed by atoms with van der Waals surface area (Å²) in [7, 11) is 0. The second-order valence-corrected chi connectivity index (χ2v) is 5.01. The number of aromatic nitrogens is 2. The van der Waals surface area contributed by atoms with Gasteiger partial charge in [0.25, 0.3) is 11.2 Å². The van der Waals surface area contributed by atoms with Crippen molar-refractivity contribution in [3.05, 3.63) is 67.9 Å². The SMILES string of the molecule is O=c1cc(/C=C/c2ccc([N+](=O)[O-])cc2)nc(C2CC2)[nH]1. The van der Waals surface area contributed by atoms with E-state index in [2.05, 4.69) is 9.97 Å². The Bertz CT molecular complexity index is 758. The minimum atomic E-state index is -0.437. The van der Waals surface area contributed by atoms with Crippen molar-refractivity contribution in [1.82, 2.24) is 9.97 Å². The zero-order valence-electron chi connectivity index (χ0n) is 11.2. The van der Waals surface area contributed by atoms with Crippen molar-refractivity contribution in [2.75, 3.05) is 0 Å². The quantitative estimate of drug-likeness (QED) is 0.690. The van der Waals surface area contributed by atoms with Crippen LogP contribution in [0, 0.1) is 10.1 Å². The Labute approximate surface area is 120 Å². The van der Waals surface area contributed by atoms with Gasteiger partial charge in [-0.2, -0.15) is 0 Å². The molecular formula is C15H13N3O3. The third kappa shape index (κ3) is 3.22. The van der Waals surface area contributed by atoms with Crippen LogP contribution in [0.15, 0.2) is 35.1 Å². The maximum absolute atomic E-state index is 11.6. The number of nitrogens with zero attached hydrogens (tertiary/aromatic N) is 2. The fraction of sp³-hybridized carbons (Fsp3) is 0.200. The molecule has 1 N–H and O–H groups in total. The van der Waals surface area contributed by atoms with E-state index in [9.17, 15) is 14.9 Å². The van der Waals surface area contributed by atoms with E-state index >= 15 is 0 Å². The van der Waals surface area contributed by atoms with Crippen LogP contribution in [0.5, 0.6) is 0 Å². The Balaban J connectivity index is 1.82. The highest BCUT2D eigenvalue weighted by molar-refractivity contribution is 5.68. The number of H-pyrrole nitrogens is 1. The van der Waals surface area contributed by atoms with Crippen molar-refractivity contribution in [1.29, 1.82) is 0 Å². The molecule has 6 heteroatoms. The summed E-state index contributed by atoms with van der Waals surface area (Å²) in [4.78, 5) is 28.9. The van der Waals surface area contributed by atoms with Gasteiger partial charge in [-0.15, -0.1) is 0 Å². The van der Waals surface area contributed by atoms with Crippen LogP contribution in [-0.2, 0) is 0 Å². The predicted molar refractivity (Wildman–Crippen MR) is 78.9 cm³/mol. The van der Waals surface area contributed by atoms with Crippen LogP contribution < -0.4 is 5.56 Å². The molecule has 0 unspecified atom stereocenters. The van der Waals surface area contributed by atoms with Gasteiger partial charge in [0.2, 0.25) is 0 Å². The molecule has 0 amide bonds. The standard InChI is InChI=1S/C15H13N3O3/c19-14-9-12(16-15(17-14)11-4-5-11)6-1-10-2-7-13(8-3-10)18(20)21/h1-3,6-9,11H,4-5H2,(H,16,17,19)/b6-1+. The highest BCUT2D eigenvalue weighted by Gasteiger charge is 2.26. The van der Waals surface area contributed by atoms with Crippen molar-refractivity contribution < 1.29 is 4.92 Å². The topological polar surface area (TPSA) is 88.9 Å². The molecule has 0 saturated heterocycles. The summed E-state index contributed by atoms with van der Waals surface area (Å²) in [6.45, 7) is 0. The van der Waals surface area contributed by atoms with Crippen LogP contribution >= 0.6 is 0 Å². The molecule has 1 aromatic carbocycles. The monoisotopic (exact) mass is 283 g/mol. The van der Waals surface area contributed by atoms with Crippen molar-refractivity contribution in [3.8, 4) is 0 Å². The molecule has 0 aliphatic heterocycles. The van der Waals surface area contributed by atoms with Gasteiger partial charge >= 0.3 is 0 Å². The number of hydrogen-bond donors (Lipinski definition) is 1. The first kappa shape index (κ1) is 13.2. The molecule has 1 aliphatic carbocycles. The van der Waals surface area contributed by atoms with Crippen molar-refractivity contribution in [3.63, 3.8) is 0 Å². The Kier molecular flexibility index (Phi) is 3.35. The zero-order valence-corrected chi connectivity index (χ0v) is 11.2. The Morgan fingerprint density at radius 1 is 1.24 bits per heavy atom. The number of nitrogens with one attached hydrogen (secondary N) is 1. The van der Waals surface area contributed by atoms with E-state index in [0.29, 0.717) is 11.6 Å². The highest BCUT2D eigenvalue weighted by Crippen LogP contribution is 2.37. The van der Waals surface area contributed by atoms with Crippen molar-refractivity contribution >= 4 is 17.8 Å². The Hall–Kier alpha value is -2.76. The van der Waals surface area contributed by atoms with Gasteiger partial charge in [-0.25, -0.2) is 4.98 Å². The van der Waals surface area contributed by atoms with Gasteiger partial charge in [0, 0.05) is 24.1 Å². The summed E-state index contributed by atoms with van der Waals surface area (Å²) in [6, 6.07) is 7.64. The average molecular weight is 283 g/mol. The van der Waals surface area contributed by atoms with E-state index in [1.807, 2.05) is 0 Å². The number of aromatic amines is 1. The van der Waals surface area contributed by atoms with Gasteiger partial charge in [-0.3, -0.25) is 14.9 Å². The second-order valence-electron chi connectivity index (χ2n) is 5.01. The lowest BCUT2D eigenvalue weighted by molar-refractivity contribution is -0.384. The summed E-state index contributed by atoms with van der Waals surface area (Å²) >= 11 is 0. The number of non-ortho nitro benzene ring substituents is 1. The summed E-state index contributed by atoms with van der Waals surface area (Å²) < 4.78 is 0. The molecule has 2 aromatic rings. The zero-order chi connectivity index (χ0) is 14.8. The number of benzene rings is 1. The van der Waals surface area contributed by atoms with Gasteiger partial charge < -0.3 is 4.98 Å². The molecule has 3 rings (SSSR count). The van der Waals surface area contributed by atoms with E-state index in [-0.39, 0.29) is 11.2 Å². The number of hydrogen-bond acceptors (Lipinski definition) is 4. The normalized spacial score (nSPS) is 14.5. The first-order valence-corrected chi connectivity index (χ1v) is 6.65. The van der Waals surface area contributed by atoms with Crippen molar-refractivity contribution in [2.45, 2.75) is 18.8 Å². The molecule has 0 atom stereocenters. The lowest BCUT2D eigenvalue weighted by Gasteiger charge is -1.99. The Morgan fingerprint density at radius 2 is 1.95 bits per heavy atom. The third-order valence-corrected chi connectivity index (χ3v) is 3.29. The molecule has 6 nitrogen and oxygen atoms in total. The predicted octanol–water partition coefficient (Wildman–Crippen LogP) is 2.73. The maximum atomic E-state index is 11.6. The van der Waals surface area contributed by atoms with Crippen molar-refractivity contribution in [2.24, 2.45) is 0 Å². The molecule has 1 aromatic heterocycles. The average Bonchev–Trinajstić information content (AvgIpc) is 3.29. The lowest BCUT2D eigenvalue weighted by atomic mass is 10.2. The largest absolute Gasteiger partial charge is 0.310 e. The van der Waals surface area contributed by atoms with E-state index in [1.54, 1.807) is 24.3 Å². The minimum absolute atomic E-state index is 0.0532. The molecule has 0 bridgehead atoms. The minimum Gasteiger partial charge on any atom is -0.310 e. The van der Waals surface area contributed by atoms with Gasteiger partial charge in [-0.1, -0.05) is 6.08 Å². The summed E-state index contributed by atoms with van der Waals surface area (Å²) in [5.74, 6) is 1.12. The molecule has 0 radical (unpaired) electrons. The highest BCUT2D eigenvalue weighted by atomic mass is 16.6. The van der Waals surface area contributed by atoms with E-state index < -0.39 is 4.92 Å². The smallest absolute Gasteiger partial charge is 0.269 e. The number of nitro groups is 1. The third-order valence-electron chi connectivity index (χ3n) is 3.29. The number of nitro benzene ring substituents is 1. The van der Waals surface area contributed by atoms with Crippen LogP contribution in [0.25, 0.3) is 12.2 Å². The number of rotatable bonds is 4. The maximum Gasteiger partial charge on any atom is 0.269 e. The fourth-order valence-corrected chi connectivity index (χ4v) is 2.02. The van der Waals surface area contributed by atoms with Gasteiger partial charge in [0.05, 0.1) is 10.6 Å². The fourth-order valence-electron chi connectivity index (χ4n) is 2.02. The molecule has 1 heterocycles. The van der Waals surface area contributed by atoms with Gasteiger partial charge in [0.1, 0.15) is 5.82 Å². The Morgan fingerprint density at radius 3 is 2.57 bits per heavy atom. The van der Waals surface area contributed by atoms with Gasteiger partial charge in [0.15, 0.2) is 0 Å². The molecule has 1 fully saturated rings. The van der Waals surface area contributed by atoms with Gasteiger partial charge in [-0.05, 0) is 36.6 Å². The summed E-state index contributed by atoms with van der Waals surface area (Å²) in [5.41, 5.74) is 1.31. The molecule has 1 saturated carbocycles.